The summed E-state index contributed by atoms with van der Waals surface area (Å²) in [6.45, 7) is 2.21. The first-order valence-corrected chi connectivity index (χ1v) is 11.0. The van der Waals surface area contributed by atoms with E-state index in [1.807, 2.05) is 0 Å². The summed E-state index contributed by atoms with van der Waals surface area (Å²) in [4.78, 5) is 24.7. The van der Waals surface area contributed by atoms with E-state index in [0.717, 1.165) is 49.9 Å². The Morgan fingerprint density at radius 3 is 2.04 bits per heavy atom. The molecule has 1 amide bonds. The Morgan fingerprint density at radius 1 is 1.00 bits per heavy atom. The average molecular weight is 362 g/mol. The van der Waals surface area contributed by atoms with Crippen molar-refractivity contribution in [1.82, 2.24) is 5.32 Å². The molecule has 4 nitrogen and oxygen atoms in total. The Hall–Kier alpha value is -1.06. The molecular weight excluding hydrogens is 326 g/mol. The smallest absolute Gasteiger partial charge is 0.307 e. The number of hydrogen-bond donors (Lipinski definition) is 2. The summed E-state index contributed by atoms with van der Waals surface area (Å²) in [5.41, 5.74) is 0.299. The lowest BCUT2D eigenvalue weighted by molar-refractivity contribution is -0.150. The van der Waals surface area contributed by atoms with Gasteiger partial charge in [0.25, 0.3) is 0 Å². The van der Waals surface area contributed by atoms with Crippen molar-refractivity contribution >= 4 is 11.9 Å². The van der Waals surface area contributed by atoms with Crippen molar-refractivity contribution in [3.05, 3.63) is 0 Å². The van der Waals surface area contributed by atoms with Crippen molar-refractivity contribution in [1.29, 1.82) is 0 Å². The fourth-order valence-electron chi connectivity index (χ4n) is 7.44. The molecule has 146 valence electrons. The van der Waals surface area contributed by atoms with E-state index in [4.69, 9.17) is 0 Å². The molecule has 5 saturated carbocycles. The van der Waals surface area contributed by atoms with Gasteiger partial charge in [-0.05, 0) is 81.0 Å². The molecule has 0 radical (unpaired) electrons. The van der Waals surface area contributed by atoms with E-state index >= 15 is 0 Å². The van der Waals surface area contributed by atoms with Crippen LogP contribution in [0.4, 0.5) is 0 Å². The van der Waals surface area contributed by atoms with Crippen molar-refractivity contribution in [2.75, 3.05) is 0 Å². The van der Waals surface area contributed by atoms with Crippen molar-refractivity contribution in [3.8, 4) is 0 Å². The second-order valence-electron chi connectivity index (χ2n) is 9.97. The van der Waals surface area contributed by atoms with E-state index < -0.39 is 11.9 Å². The summed E-state index contributed by atoms with van der Waals surface area (Å²) in [6.07, 6.45) is 13.5. The molecule has 5 rings (SSSR count). The van der Waals surface area contributed by atoms with E-state index in [1.54, 1.807) is 0 Å². The Kier molecular flexibility index (Phi) is 5.04. The Labute approximate surface area is 157 Å². The second kappa shape index (κ2) is 7.16. The van der Waals surface area contributed by atoms with Crippen LogP contribution in [-0.2, 0) is 9.59 Å². The fourth-order valence-corrected chi connectivity index (χ4v) is 7.44. The van der Waals surface area contributed by atoms with Gasteiger partial charge in [0.05, 0.1) is 11.8 Å². The largest absolute Gasteiger partial charge is 0.481 e. The molecule has 5 aliphatic rings. The minimum atomic E-state index is -0.785. The highest BCUT2D eigenvalue weighted by Gasteiger charge is 2.54. The SMILES string of the molecule is CCC[C@@H](NC(=O)[C@@H]1CCCC[C@@H]1C(=O)O)C12CC3CC(CC(C3)C1)C2. The number of hydrogen-bond acceptors (Lipinski definition) is 2. The van der Waals surface area contributed by atoms with Crippen molar-refractivity contribution < 1.29 is 14.7 Å². The van der Waals surface area contributed by atoms with Crippen LogP contribution in [0, 0.1) is 35.0 Å². The zero-order valence-electron chi connectivity index (χ0n) is 16.2. The Morgan fingerprint density at radius 2 is 1.54 bits per heavy atom. The van der Waals surface area contributed by atoms with Gasteiger partial charge < -0.3 is 10.4 Å². The van der Waals surface area contributed by atoms with Gasteiger partial charge in [-0.3, -0.25) is 9.59 Å². The van der Waals surface area contributed by atoms with Crippen LogP contribution in [0.1, 0.15) is 84.0 Å². The molecule has 0 saturated heterocycles. The predicted molar refractivity (Wildman–Crippen MR) is 101 cm³/mol. The number of carboxylic acid groups (broad SMARTS) is 1. The van der Waals surface area contributed by atoms with Crippen LogP contribution in [0.15, 0.2) is 0 Å². The third-order valence-corrected chi connectivity index (χ3v) is 8.14. The summed E-state index contributed by atoms with van der Waals surface area (Å²) in [6, 6.07) is 0.254. The lowest BCUT2D eigenvalue weighted by Gasteiger charge is -2.59. The average Bonchev–Trinajstić information content (AvgIpc) is 2.60. The zero-order valence-corrected chi connectivity index (χ0v) is 16.2. The van der Waals surface area contributed by atoms with Crippen molar-refractivity contribution in [3.63, 3.8) is 0 Å². The highest BCUT2D eigenvalue weighted by atomic mass is 16.4. The van der Waals surface area contributed by atoms with Crippen LogP contribution in [0.5, 0.6) is 0 Å². The van der Waals surface area contributed by atoms with Crippen LogP contribution in [0.2, 0.25) is 0 Å². The van der Waals surface area contributed by atoms with Crippen molar-refractivity contribution in [2.45, 2.75) is 90.0 Å². The van der Waals surface area contributed by atoms with Crippen LogP contribution in [0.3, 0.4) is 0 Å². The highest BCUT2D eigenvalue weighted by Crippen LogP contribution is 2.61. The molecule has 0 aromatic heterocycles. The normalized spacial score (nSPS) is 42.4. The number of amides is 1. The van der Waals surface area contributed by atoms with Crippen LogP contribution in [-0.4, -0.2) is 23.0 Å². The Bertz CT molecular complexity index is 522. The molecule has 5 fully saturated rings. The molecule has 26 heavy (non-hydrogen) atoms. The number of carbonyl (C=O) groups excluding carboxylic acids is 1. The van der Waals surface area contributed by atoms with Crippen LogP contribution >= 0.6 is 0 Å². The second-order valence-corrected chi connectivity index (χ2v) is 9.97. The summed E-state index contributed by atoms with van der Waals surface area (Å²) in [5, 5.41) is 13.0. The van der Waals surface area contributed by atoms with Gasteiger partial charge >= 0.3 is 5.97 Å². The standard InChI is InChI=1S/C22H35NO3/c1-2-5-19(22-11-14-8-15(12-22)10-16(9-14)13-22)23-20(24)17-6-3-4-7-18(17)21(25)26/h14-19H,2-13H2,1H3,(H,23,24)(H,25,26)/t14?,15?,16?,17-,18+,19-,22?/m1/s1. The minimum absolute atomic E-state index is 0.0336. The summed E-state index contributed by atoms with van der Waals surface area (Å²) in [5.74, 6) is 1.06. The van der Waals surface area contributed by atoms with Gasteiger partial charge in [0.1, 0.15) is 0 Å². The van der Waals surface area contributed by atoms with Gasteiger partial charge in [0.15, 0.2) is 0 Å². The highest BCUT2D eigenvalue weighted by molar-refractivity contribution is 5.85. The molecular formula is C22H35NO3. The molecule has 3 atom stereocenters. The van der Waals surface area contributed by atoms with Gasteiger partial charge in [0.2, 0.25) is 5.91 Å². The van der Waals surface area contributed by atoms with Gasteiger partial charge in [-0.25, -0.2) is 0 Å². The molecule has 4 heteroatoms. The van der Waals surface area contributed by atoms with Gasteiger partial charge in [-0.15, -0.1) is 0 Å². The van der Waals surface area contributed by atoms with Gasteiger partial charge in [0, 0.05) is 6.04 Å². The van der Waals surface area contributed by atoms with Crippen molar-refractivity contribution in [2.24, 2.45) is 35.0 Å². The first-order chi connectivity index (χ1) is 12.5. The maximum absolute atomic E-state index is 13.1. The molecule has 0 aliphatic heterocycles. The van der Waals surface area contributed by atoms with E-state index in [2.05, 4.69) is 12.2 Å². The van der Waals surface area contributed by atoms with Crippen LogP contribution < -0.4 is 5.32 Å². The molecule has 5 aliphatic carbocycles. The molecule has 0 spiro atoms. The molecule has 0 heterocycles. The molecule has 4 bridgehead atoms. The minimum Gasteiger partial charge on any atom is -0.481 e. The number of nitrogens with one attached hydrogen (secondary N) is 1. The lowest BCUT2D eigenvalue weighted by Crippen LogP contribution is -2.58. The predicted octanol–water partition coefficient (Wildman–Crippen LogP) is 4.38. The third-order valence-electron chi connectivity index (χ3n) is 8.14. The maximum Gasteiger partial charge on any atom is 0.307 e. The fraction of sp³-hybridized carbons (Fsp3) is 0.909. The molecule has 2 N–H and O–H groups in total. The summed E-state index contributed by atoms with van der Waals surface area (Å²) < 4.78 is 0. The van der Waals surface area contributed by atoms with Gasteiger partial charge in [-0.1, -0.05) is 26.2 Å². The van der Waals surface area contributed by atoms with E-state index in [1.165, 1.54) is 38.5 Å². The number of rotatable bonds is 6. The lowest BCUT2D eigenvalue weighted by atomic mass is 9.47. The monoisotopic (exact) mass is 361 g/mol. The Balaban J connectivity index is 1.50. The molecule has 0 unspecified atom stereocenters. The number of carboxylic acids is 1. The van der Waals surface area contributed by atoms with E-state index in [-0.39, 0.29) is 17.9 Å². The summed E-state index contributed by atoms with van der Waals surface area (Å²) >= 11 is 0. The zero-order chi connectivity index (χ0) is 18.3. The first kappa shape index (κ1) is 18.3. The third kappa shape index (κ3) is 3.29. The first-order valence-electron chi connectivity index (χ1n) is 11.0. The molecule has 0 aromatic carbocycles. The van der Waals surface area contributed by atoms with E-state index in [0.29, 0.717) is 11.8 Å². The van der Waals surface area contributed by atoms with Gasteiger partial charge in [-0.2, -0.15) is 0 Å². The topological polar surface area (TPSA) is 66.4 Å². The van der Waals surface area contributed by atoms with Crippen LogP contribution in [0.25, 0.3) is 0 Å². The number of carbonyl (C=O) groups is 2. The maximum atomic E-state index is 13.1. The van der Waals surface area contributed by atoms with E-state index in [9.17, 15) is 14.7 Å². The quantitative estimate of drug-likeness (QED) is 0.738. The number of aliphatic carboxylic acids is 1. The summed E-state index contributed by atoms with van der Waals surface area (Å²) in [7, 11) is 0. The molecule has 0 aromatic rings.